The number of ether oxygens (including phenoxy) is 2. The normalized spacial score (nSPS) is 22.6. The lowest BCUT2D eigenvalue weighted by Crippen LogP contribution is -2.49. The maximum atomic E-state index is 5.31. The highest BCUT2D eigenvalue weighted by atomic mass is 16.5. The van der Waals surface area contributed by atoms with Crippen LogP contribution in [-0.4, -0.2) is 54.8 Å². The van der Waals surface area contributed by atoms with Gasteiger partial charge in [0.2, 0.25) is 17.7 Å². The molecule has 132 valence electrons. The van der Waals surface area contributed by atoms with Gasteiger partial charge in [0, 0.05) is 25.8 Å². The van der Waals surface area contributed by atoms with E-state index in [-0.39, 0.29) is 0 Å². The molecule has 0 N–H and O–H groups in total. The molecule has 2 saturated heterocycles. The summed E-state index contributed by atoms with van der Waals surface area (Å²) in [5.74, 6) is 3.45. The second-order valence-corrected chi connectivity index (χ2v) is 6.48. The van der Waals surface area contributed by atoms with E-state index in [1.807, 2.05) is 18.3 Å². The Balaban J connectivity index is 1.59. The average molecular weight is 341 g/mol. The van der Waals surface area contributed by atoms with Gasteiger partial charge in [0.25, 0.3) is 0 Å². The minimum absolute atomic E-state index is 0.382. The Kier molecular flexibility index (Phi) is 4.29. The average Bonchev–Trinajstić information content (AvgIpc) is 3.11. The van der Waals surface area contributed by atoms with Gasteiger partial charge in [-0.2, -0.15) is 9.97 Å². The van der Waals surface area contributed by atoms with Gasteiger partial charge in [0.15, 0.2) is 0 Å². The van der Waals surface area contributed by atoms with Gasteiger partial charge in [0.05, 0.1) is 26.3 Å². The number of anilines is 2. The molecule has 0 bridgehead atoms. The van der Waals surface area contributed by atoms with Crippen LogP contribution in [0.1, 0.15) is 12.8 Å². The van der Waals surface area contributed by atoms with E-state index in [0.717, 1.165) is 25.5 Å². The molecule has 2 aliphatic rings. The fourth-order valence-corrected chi connectivity index (χ4v) is 3.87. The number of hydrogen-bond acceptors (Lipinski definition) is 7. The van der Waals surface area contributed by atoms with Crippen molar-refractivity contribution in [3.8, 4) is 11.8 Å². The van der Waals surface area contributed by atoms with Crippen LogP contribution in [0.15, 0.2) is 30.5 Å². The molecule has 4 heterocycles. The van der Waals surface area contributed by atoms with Crippen LogP contribution in [0.3, 0.4) is 0 Å². The Labute approximate surface area is 147 Å². The van der Waals surface area contributed by atoms with Crippen molar-refractivity contribution >= 4 is 11.8 Å². The Bertz CT molecular complexity index is 704. The van der Waals surface area contributed by atoms with Crippen molar-refractivity contribution in [2.24, 2.45) is 5.92 Å². The van der Waals surface area contributed by atoms with Crippen molar-refractivity contribution in [2.75, 3.05) is 43.7 Å². The second kappa shape index (κ2) is 6.74. The lowest BCUT2D eigenvalue weighted by atomic mass is 9.92. The summed E-state index contributed by atoms with van der Waals surface area (Å²) in [5, 5.41) is 0. The molecular weight excluding hydrogens is 318 g/mol. The number of rotatable bonds is 4. The highest BCUT2D eigenvalue weighted by Gasteiger charge is 2.40. The Morgan fingerprint density at radius 1 is 1.04 bits per heavy atom. The molecule has 0 radical (unpaired) electrons. The van der Waals surface area contributed by atoms with E-state index in [4.69, 9.17) is 9.47 Å². The topological polar surface area (TPSA) is 63.6 Å². The van der Waals surface area contributed by atoms with Gasteiger partial charge in [-0.1, -0.05) is 6.07 Å². The second-order valence-electron chi connectivity index (χ2n) is 6.48. The molecular formula is C18H23N5O2. The summed E-state index contributed by atoms with van der Waals surface area (Å²) < 4.78 is 10.6. The van der Waals surface area contributed by atoms with Crippen LogP contribution in [-0.2, 0) is 0 Å². The standard InChI is InChI=1S/C18H23N5O2/c1-24-16-11-17(25-2)21-18(20-16)23-10-7-13-6-9-22(12-14(13)23)15-5-3-4-8-19-15/h3-5,8,11,13-14H,6-7,9-10,12H2,1-2H3. The fraction of sp³-hybridized carbons (Fsp3) is 0.500. The van der Waals surface area contributed by atoms with E-state index in [9.17, 15) is 0 Å². The first-order chi connectivity index (χ1) is 12.3. The zero-order valence-corrected chi connectivity index (χ0v) is 14.6. The zero-order chi connectivity index (χ0) is 17.2. The number of fused-ring (bicyclic) bond motifs is 1. The monoisotopic (exact) mass is 341 g/mol. The molecule has 0 amide bonds. The van der Waals surface area contributed by atoms with E-state index >= 15 is 0 Å². The number of nitrogens with zero attached hydrogens (tertiary/aromatic N) is 5. The summed E-state index contributed by atoms with van der Waals surface area (Å²) in [5.41, 5.74) is 0. The maximum Gasteiger partial charge on any atom is 0.232 e. The Morgan fingerprint density at radius 3 is 2.48 bits per heavy atom. The van der Waals surface area contributed by atoms with Crippen LogP contribution in [0.2, 0.25) is 0 Å². The van der Waals surface area contributed by atoms with Gasteiger partial charge >= 0.3 is 0 Å². The van der Waals surface area contributed by atoms with Crippen molar-refractivity contribution in [1.82, 2.24) is 15.0 Å². The van der Waals surface area contributed by atoms with Gasteiger partial charge in [-0.15, -0.1) is 0 Å². The van der Waals surface area contributed by atoms with Crippen LogP contribution >= 0.6 is 0 Å². The van der Waals surface area contributed by atoms with Gasteiger partial charge in [-0.05, 0) is 30.9 Å². The predicted molar refractivity (Wildman–Crippen MR) is 95.4 cm³/mol. The van der Waals surface area contributed by atoms with E-state index < -0.39 is 0 Å². The first kappa shape index (κ1) is 15.9. The Hall–Kier alpha value is -2.57. The summed E-state index contributed by atoms with van der Waals surface area (Å²) in [7, 11) is 3.23. The summed E-state index contributed by atoms with van der Waals surface area (Å²) in [6.45, 7) is 2.95. The summed E-state index contributed by atoms with van der Waals surface area (Å²) >= 11 is 0. The molecule has 7 nitrogen and oxygen atoms in total. The molecule has 2 fully saturated rings. The lowest BCUT2D eigenvalue weighted by molar-refractivity contribution is 0.366. The third kappa shape index (κ3) is 3.06. The summed E-state index contributed by atoms with van der Waals surface area (Å²) in [4.78, 5) is 18.3. The number of aromatic nitrogens is 3. The summed E-state index contributed by atoms with van der Waals surface area (Å²) in [6.07, 6.45) is 4.19. The third-order valence-corrected chi connectivity index (χ3v) is 5.18. The molecule has 25 heavy (non-hydrogen) atoms. The molecule has 2 aromatic heterocycles. The highest BCUT2D eigenvalue weighted by Crippen LogP contribution is 2.36. The quantitative estimate of drug-likeness (QED) is 0.843. The van der Waals surface area contributed by atoms with Crippen LogP contribution in [0.5, 0.6) is 11.8 Å². The SMILES string of the molecule is COc1cc(OC)nc(N2CCC3CCN(c4ccccn4)CC32)n1. The summed E-state index contributed by atoms with van der Waals surface area (Å²) in [6, 6.07) is 8.15. The van der Waals surface area contributed by atoms with Crippen LogP contribution < -0.4 is 19.3 Å². The minimum Gasteiger partial charge on any atom is -0.481 e. The van der Waals surface area contributed by atoms with Crippen molar-refractivity contribution < 1.29 is 9.47 Å². The van der Waals surface area contributed by atoms with Crippen molar-refractivity contribution in [2.45, 2.75) is 18.9 Å². The van der Waals surface area contributed by atoms with E-state index in [1.54, 1.807) is 20.3 Å². The Morgan fingerprint density at radius 2 is 1.80 bits per heavy atom. The smallest absolute Gasteiger partial charge is 0.232 e. The van der Waals surface area contributed by atoms with E-state index in [0.29, 0.717) is 29.7 Å². The fourth-order valence-electron chi connectivity index (χ4n) is 3.87. The largest absolute Gasteiger partial charge is 0.481 e. The van der Waals surface area contributed by atoms with Crippen LogP contribution in [0.25, 0.3) is 0 Å². The molecule has 7 heteroatoms. The number of methoxy groups -OCH3 is 2. The molecule has 2 aliphatic heterocycles. The van der Waals surface area contributed by atoms with Crippen molar-refractivity contribution in [3.05, 3.63) is 30.5 Å². The molecule has 0 spiro atoms. The molecule has 0 saturated carbocycles. The molecule has 2 atom stereocenters. The van der Waals surface area contributed by atoms with Crippen LogP contribution in [0, 0.1) is 5.92 Å². The first-order valence-corrected chi connectivity index (χ1v) is 8.68. The highest BCUT2D eigenvalue weighted by molar-refractivity contribution is 5.44. The first-order valence-electron chi connectivity index (χ1n) is 8.68. The van der Waals surface area contributed by atoms with Crippen molar-refractivity contribution in [3.63, 3.8) is 0 Å². The van der Waals surface area contributed by atoms with Crippen molar-refractivity contribution in [1.29, 1.82) is 0 Å². The predicted octanol–water partition coefficient (Wildman–Crippen LogP) is 1.99. The third-order valence-electron chi connectivity index (χ3n) is 5.18. The van der Waals surface area contributed by atoms with Gasteiger partial charge in [-0.25, -0.2) is 4.98 Å². The lowest BCUT2D eigenvalue weighted by Gasteiger charge is -2.39. The maximum absolute atomic E-state index is 5.31. The van der Waals surface area contributed by atoms with E-state index in [1.165, 1.54) is 12.8 Å². The number of hydrogen-bond donors (Lipinski definition) is 0. The molecule has 2 aromatic rings. The molecule has 0 aromatic carbocycles. The van der Waals surface area contributed by atoms with E-state index in [2.05, 4.69) is 30.8 Å². The number of pyridine rings is 1. The minimum atomic E-state index is 0.382. The van der Waals surface area contributed by atoms with Gasteiger partial charge in [0.1, 0.15) is 5.82 Å². The van der Waals surface area contributed by atoms with Crippen LogP contribution in [0.4, 0.5) is 11.8 Å². The van der Waals surface area contributed by atoms with Gasteiger partial charge in [-0.3, -0.25) is 0 Å². The van der Waals surface area contributed by atoms with Gasteiger partial charge < -0.3 is 19.3 Å². The number of piperidine rings is 1. The zero-order valence-electron chi connectivity index (χ0n) is 14.6. The molecule has 0 aliphatic carbocycles. The molecule has 4 rings (SSSR count). The molecule has 2 unspecified atom stereocenters.